The first-order valence-electron chi connectivity index (χ1n) is 5.56. The molecule has 1 unspecified atom stereocenters. The van der Waals surface area contributed by atoms with E-state index in [0.29, 0.717) is 0 Å². The summed E-state index contributed by atoms with van der Waals surface area (Å²) in [6.07, 6.45) is 4.45. The summed E-state index contributed by atoms with van der Waals surface area (Å²) in [4.78, 5) is 0. The highest BCUT2D eigenvalue weighted by Gasteiger charge is 2.28. The minimum absolute atomic E-state index is 0.253. The Balaban J connectivity index is 2.02. The van der Waals surface area contributed by atoms with Gasteiger partial charge in [-0.2, -0.15) is 0 Å². The van der Waals surface area contributed by atoms with E-state index in [1.54, 1.807) is 12.1 Å². The standard InChI is InChI=1S/C13H17FO/c1-13(15,9-8-10-2-3-10)11-4-6-12(14)7-5-11/h4-7,10,15H,2-3,8-9H2,1H3. The molecule has 0 saturated heterocycles. The van der Waals surface area contributed by atoms with Crippen LogP contribution in [0.4, 0.5) is 4.39 Å². The number of hydrogen-bond acceptors (Lipinski definition) is 1. The lowest BCUT2D eigenvalue weighted by Gasteiger charge is -2.23. The Hall–Kier alpha value is -0.890. The normalized spacial score (nSPS) is 19.9. The molecule has 1 fully saturated rings. The van der Waals surface area contributed by atoms with Gasteiger partial charge >= 0.3 is 0 Å². The molecule has 1 aliphatic rings. The number of benzene rings is 1. The Kier molecular flexibility index (Phi) is 2.79. The number of hydrogen-bond donors (Lipinski definition) is 1. The van der Waals surface area contributed by atoms with Crippen molar-refractivity contribution in [3.8, 4) is 0 Å². The smallest absolute Gasteiger partial charge is 0.123 e. The van der Waals surface area contributed by atoms with Crippen molar-refractivity contribution >= 4 is 0 Å². The topological polar surface area (TPSA) is 20.2 Å². The lowest BCUT2D eigenvalue weighted by Crippen LogP contribution is -2.21. The zero-order chi connectivity index (χ0) is 10.9. The molecule has 2 rings (SSSR count). The first-order chi connectivity index (χ1) is 7.08. The first kappa shape index (κ1) is 10.6. The van der Waals surface area contributed by atoms with Gasteiger partial charge < -0.3 is 5.11 Å². The fraction of sp³-hybridized carbons (Fsp3) is 0.538. The van der Waals surface area contributed by atoms with Gasteiger partial charge in [0.1, 0.15) is 5.82 Å². The van der Waals surface area contributed by atoms with Gasteiger partial charge in [0.2, 0.25) is 0 Å². The molecule has 82 valence electrons. The fourth-order valence-corrected chi connectivity index (χ4v) is 1.84. The minimum Gasteiger partial charge on any atom is -0.385 e. The molecule has 0 aliphatic heterocycles. The predicted octanol–water partition coefficient (Wildman–Crippen LogP) is 3.22. The third-order valence-corrected chi connectivity index (χ3v) is 3.20. The molecule has 1 aromatic rings. The summed E-state index contributed by atoms with van der Waals surface area (Å²) in [5, 5.41) is 10.2. The van der Waals surface area contributed by atoms with Crippen LogP contribution < -0.4 is 0 Å². The van der Waals surface area contributed by atoms with Gasteiger partial charge in [-0.1, -0.05) is 25.0 Å². The molecule has 2 heteroatoms. The summed E-state index contributed by atoms with van der Waals surface area (Å²) in [6.45, 7) is 1.81. The van der Waals surface area contributed by atoms with Crippen molar-refractivity contribution in [2.45, 2.75) is 38.2 Å². The van der Waals surface area contributed by atoms with E-state index in [2.05, 4.69) is 0 Å². The molecule has 1 saturated carbocycles. The van der Waals surface area contributed by atoms with E-state index in [1.807, 2.05) is 6.92 Å². The highest BCUT2D eigenvalue weighted by molar-refractivity contribution is 5.22. The van der Waals surface area contributed by atoms with Crippen molar-refractivity contribution in [3.05, 3.63) is 35.6 Å². The largest absolute Gasteiger partial charge is 0.385 e. The second-order valence-corrected chi connectivity index (χ2v) is 4.76. The van der Waals surface area contributed by atoms with Gasteiger partial charge in [0.25, 0.3) is 0 Å². The van der Waals surface area contributed by atoms with Crippen LogP contribution in [-0.2, 0) is 5.60 Å². The molecule has 0 bridgehead atoms. The average molecular weight is 208 g/mol. The highest BCUT2D eigenvalue weighted by Crippen LogP contribution is 2.37. The maximum absolute atomic E-state index is 12.7. The van der Waals surface area contributed by atoms with Crippen molar-refractivity contribution in [3.63, 3.8) is 0 Å². The summed E-state index contributed by atoms with van der Waals surface area (Å²) in [6, 6.07) is 6.15. The fourth-order valence-electron chi connectivity index (χ4n) is 1.84. The molecule has 0 heterocycles. The van der Waals surface area contributed by atoms with Crippen LogP contribution >= 0.6 is 0 Å². The van der Waals surface area contributed by atoms with Crippen LogP contribution in [-0.4, -0.2) is 5.11 Å². The molecule has 0 amide bonds. The highest BCUT2D eigenvalue weighted by atomic mass is 19.1. The summed E-state index contributed by atoms with van der Waals surface area (Å²) in [7, 11) is 0. The summed E-state index contributed by atoms with van der Waals surface area (Å²) >= 11 is 0. The van der Waals surface area contributed by atoms with Crippen LogP contribution in [0.15, 0.2) is 24.3 Å². The van der Waals surface area contributed by atoms with Crippen LogP contribution in [0.2, 0.25) is 0 Å². The molecular formula is C13H17FO. The minimum atomic E-state index is -0.809. The number of aliphatic hydroxyl groups is 1. The molecular weight excluding hydrogens is 191 g/mol. The Morgan fingerprint density at radius 2 is 1.93 bits per heavy atom. The number of rotatable bonds is 4. The third kappa shape index (κ3) is 2.78. The predicted molar refractivity (Wildman–Crippen MR) is 57.9 cm³/mol. The Morgan fingerprint density at radius 1 is 1.33 bits per heavy atom. The molecule has 0 spiro atoms. The maximum atomic E-state index is 12.7. The molecule has 1 aliphatic carbocycles. The molecule has 0 aromatic heterocycles. The van der Waals surface area contributed by atoms with Crippen molar-refractivity contribution in [1.82, 2.24) is 0 Å². The van der Waals surface area contributed by atoms with E-state index in [-0.39, 0.29) is 5.82 Å². The van der Waals surface area contributed by atoms with Crippen LogP contribution in [0, 0.1) is 11.7 Å². The Labute approximate surface area is 89.9 Å². The van der Waals surface area contributed by atoms with E-state index >= 15 is 0 Å². The summed E-state index contributed by atoms with van der Waals surface area (Å²) < 4.78 is 12.7. The van der Waals surface area contributed by atoms with Crippen LogP contribution in [0.5, 0.6) is 0 Å². The molecule has 15 heavy (non-hydrogen) atoms. The zero-order valence-electron chi connectivity index (χ0n) is 9.04. The van der Waals surface area contributed by atoms with Gasteiger partial charge in [0, 0.05) is 0 Å². The van der Waals surface area contributed by atoms with E-state index in [1.165, 1.54) is 25.0 Å². The maximum Gasteiger partial charge on any atom is 0.123 e. The molecule has 1 atom stereocenters. The summed E-state index contributed by atoms with van der Waals surface area (Å²) in [5.74, 6) is 0.564. The lowest BCUT2D eigenvalue weighted by molar-refractivity contribution is 0.0439. The van der Waals surface area contributed by atoms with Gasteiger partial charge in [-0.25, -0.2) is 4.39 Å². The van der Waals surface area contributed by atoms with Crippen molar-refractivity contribution in [1.29, 1.82) is 0 Å². The molecule has 1 aromatic carbocycles. The lowest BCUT2D eigenvalue weighted by atomic mass is 9.90. The Morgan fingerprint density at radius 3 is 2.47 bits per heavy atom. The van der Waals surface area contributed by atoms with E-state index in [0.717, 1.165) is 24.3 Å². The monoisotopic (exact) mass is 208 g/mol. The third-order valence-electron chi connectivity index (χ3n) is 3.20. The molecule has 1 N–H and O–H groups in total. The van der Waals surface area contributed by atoms with E-state index in [4.69, 9.17) is 0 Å². The SMILES string of the molecule is CC(O)(CCC1CC1)c1ccc(F)cc1. The van der Waals surface area contributed by atoms with Gasteiger partial charge in [-0.3, -0.25) is 0 Å². The van der Waals surface area contributed by atoms with Gasteiger partial charge in [0.15, 0.2) is 0 Å². The zero-order valence-corrected chi connectivity index (χ0v) is 9.04. The van der Waals surface area contributed by atoms with Crippen molar-refractivity contribution in [2.24, 2.45) is 5.92 Å². The van der Waals surface area contributed by atoms with Crippen LogP contribution in [0.1, 0.15) is 38.2 Å². The first-order valence-corrected chi connectivity index (χ1v) is 5.56. The van der Waals surface area contributed by atoms with Crippen molar-refractivity contribution < 1.29 is 9.50 Å². The Bertz CT molecular complexity index is 325. The average Bonchev–Trinajstić information content (AvgIpc) is 2.99. The summed E-state index contributed by atoms with van der Waals surface area (Å²) in [5.41, 5.74) is 0.000532. The second-order valence-electron chi connectivity index (χ2n) is 4.76. The van der Waals surface area contributed by atoms with Gasteiger partial charge in [0.05, 0.1) is 5.60 Å². The van der Waals surface area contributed by atoms with Crippen LogP contribution in [0.3, 0.4) is 0 Å². The van der Waals surface area contributed by atoms with Gasteiger partial charge in [-0.15, -0.1) is 0 Å². The van der Waals surface area contributed by atoms with Crippen molar-refractivity contribution in [2.75, 3.05) is 0 Å². The molecule has 1 nitrogen and oxygen atoms in total. The van der Waals surface area contributed by atoms with Crippen LogP contribution in [0.25, 0.3) is 0 Å². The quantitative estimate of drug-likeness (QED) is 0.805. The van der Waals surface area contributed by atoms with E-state index in [9.17, 15) is 9.50 Å². The second kappa shape index (κ2) is 3.93. The number of halogens is 1. The molecule has 0 radical (unpaired) electrons. The van der Waals surface area contributed by atoms with E-state index < -0.39 is 5.60 Å². The van der Waals surface area contributed by atoms with Gasteiger partial charge in [-0.05, 0) is 43.4 Å².